The summed E-state index contributed by atoms with van der Waals surface area (Å²) >= 11 is 0. The van der Waals surface area contributed by atoms with Crippen molar-refractivity contribution in [1.29, 1.82) is 0 Å². The molecule has 1 aromatic carbocycles. The smallest absolute Gasteiger partial charge is 0.316 e. The lowest BCUT2D eigenvalue weighted by molar-refractivity contribution is -0.383. The second-order valence-electron chi connectivity index (χ2n) is 4.54. The SMILES string of the molecule is NNc1cccc(NCC2CCOCC2)c1[N+](=O)[O-]. The number of ether oxygens (including phenoxy) is 1. The third kappa shape index (κ3) is 3.33. The number of nitrogens with two attached hydrogens (primary N) is 1. The molecule has 0 radical (unpaired) electrons. The highest BCUT2D eigenvalue weighted by Gasteiger charge is 2.20. The monoisotopic (exact) mass is 266 g/mol. The molecule has 1 saturated heterocycles. The van der Waals surface area contributed by atoms with Crippen LogP contribution in [0.3, 0.4) is 0 Å². The van der Waals surface area contributed by atoms with Gasteiger partial charge in [-0.2, -0.15) is 0 Å². The molecule has 2 rings (SSSR count). The number of benzene rings is 1. The standard InChI is InChI=1S/C12H18N4O3/c13-15-11-3-1-2-10(12(11)16(17)18)14-8-9-4-6-19-7-5-9/h1-3,9,14-15H,4-8,13H2. The summed E-state index contributed by atoms with van der Waals surface area (Å²) in [5, 5.41) is 14.2. The van der Waals surface area contributed by atoms with E-state index in [2.05, 4.69) is 10.7 Å². The first kappa shape index (κ1) is 13.6. The van der Waals surface area contributed by atoms with Crippen molar-refractivity contribution in [3.63, 3.8) is 0 Å². The van der Waals surface area contributed by atoms with Crippen LogP contribution in [0.25, 0.3) is 0 Å². The minimum atomic E-state index is -0.429. The average molecular weight is 266 g/mol. The molecule has 1 aliphatic heterocycles. The summed E-state index contributed by atoms with van der Waals surface area (Å²) < 4.78 is 5.29. The molecule has 0 spiro atoms. The predicted molar refractivity (Wildman–Crippen MR) is 72.9 cm³/mol. The Bertz CT molecular complexity index is 447. The fourth-order valence-corrected chi connectivity index (χ4v) is 2.20. The lowest BCUT2D eigenvalue weighted by Gasteiger charge is -2.22. The van der Waals surface area contributed by atoms with E-state index < -0.39 is 4.92 Å². The molecule has 19 heavy (non-hydrogen) atoms. The van der Waals surface area contributed by atoms with E-state index in [1.54, 1.807) is 18.2 Å². The lowest BCUT2D eigenvalue weighted by Crippen LogP contribution is -2.23. The van der Waals surface area contributed by atoms with Crippen molar-refractivity contribution in [3.05, 3.63) is 28.3 Å². The third-order valence-corrected chi connectivity index (χ3v) is 3.30. The summed E-state index contributed by atoms with van der Waals surface area (Å²) in [6.07, 6.45) is 1.96. The number of nitro groups is 1. The van der Waals surface area contributed by atoms with Gasteiger partial charge in [0.15, 0.2) is 0 Å². The van der Waals surface area contributed by atoms with E-state index in [0.29, 0.717) is 23.8 Å². The van der Waals surface area contributed by atoms with E-state index in [9.17, 15) is 10.1 Å². The zero-order valence-electron chi connectivity index (χ0n) is 10.6. The summed E-state index contributed by atoms with van der Waals surface area (Å²) in [7, 11) is 0. The van der Waals surface area contributed by atoms with Gasteiger partial charge in [-0.3, -0.25) is 16.0 Å². The Kier molecular flexibility index (Phi) is 4.53. The molecule has 7 nitrogen and oxygen atoms in total. The van der Waals surface area contributed by atoms with Crippen molar-refractivity contribution in [3.8, 4) is 0 Å². The molecule has 0 saturated carbocycles. The molecule has 1 aliphatic rings. The van der Waals surface area contributed by atoms with Crippen LogP contribution in [0.2, 0.25) is 0 Å². The molecule has 0 amide bonds. The van der Waals surface area contributed by atoms with Gasteiger partial charge in [-0.25, -0.2) is 0 Å². The second-order valence-corrected chi connectivity index (χ2v) is 4.54. The molecule has 0 unspecified atom stereocenters. The minimum Gasteiger partial charge on any atom is -0.381 e. The van der Waals surface area contributed by atoms with Crippen LogP contribution in [-0.4, -0.2) is 24.7 Å². The highest BCUT2D eigenvalue weighted by atomic mass is 16.6. The fraction of sp³-hybridized carbons (Fsp3) is 0.500. The van der Waals surface area contributed by atoms with E-state index >= 15 is 0 Å². The Morgan fingerprint density at radius 1 is 1.37 bits per heavy atom. The topological polar surface area (TPSA) is 102 Å². The molecule has 1 aromatic rings. The maximum atomic E-state index is 11.1. The van der Waals surface area contributed by atoms with Gasteiger partial charge in [-0.1, -0.05) is 6.07 Å². The van der Waals surface area contributed by atoms with Gasteiger partial charge in [-0.15, -0.1) is 0 Å². The van der Waals surface area contributed by atoms with Gasteiger partial charge in [0.2, 0.25) is 0 Å². The van der Waals surface area contributed by atoms with Crippen molar-refractivity contribution in [2.45, 2.75) is 12.8 Å². The maximum Gasteiger partial charge on any atom is 0.316 e. The number of hydrogen-bond donors (Lipinski definition) is 3. The lowest BCUT2D eigenvalue weighted by atomic mass is 10.0. The van der Waals surface area contributed by atoms with E-state index in [4.69, 9.17) is 10.6 Å². The number of anilines is 2. The number of nitro benzene ring substituents is 1. The van der Waals surface area contributed by atoms with Gasteiger partial charge in [-0.05, 0) is 30.9 Å². The van der Waals surface area contributed by atoms with Crippen LogP contribution in [0, 0.1) is 16.0 Å². The molecule has 0 aromatic heterocycles. The highest BCUT2D eigenvalue weighted by Crippen LogP contribution is 2.32. The molecule has 4 N–H and O–H groups in total. The first-order chi connectivity index (χ1) is 9.22. The van der Waals surface area contributed by atoms with Gasteiger partial charge >= 0.3 is 5.69 Å². The number of para-hydroxylation sites is 1. The molecule has 104 valence electrons. The van der Waals surface area contributed by atoms with Crippen molar-refractivity contribution in [2.75, 3.05) is 30.5 Å². The summed E-state index contributed by atoms with van der Waals surface area (Å²) in [6, 6.07) is 5.00. The summed E-state index contributed by atoms with van der Waals surface area (Å²) in [5.74, 6) is 5.79. The molecular formula is C12H18N4O3. The number of nitrogen functional groups attached to an aromatic ring is 1. The maximum absolute atomic E-state index is 11.1. The van der Waals surface area contributed by atoms with Crippen LogP contribution in [0.5, 0.6) is 0 Å². The van der Waals surface area contributed by atoms with Crippen molar-refractivity contribution < 1.29 is 9.66 Å². The minimum absolute atomic E-state index is 0.0166. The molecule has 7 heteroatoms. The van der Waals surface area contributed by atoms with Gasteiger partial charge < -0.3 is 15.5 Å². The van der Waals surface area contributed by atoms with Crippen molar-refractivity contribution in [1.82, 2.24) is 0 Å². The number of nitrogens with one attached hydrogen (secondary N) is 2. The summed E-state index contributed by atoms with van der Waals surface area (Å²) in [5.41, 5.74) is 3.14. The van der Waals surface area contributed by atoms with Crippen LogP contribution in [0.15, 0.2) is 18.2 Å². The third-order valence-electron chi connectivity index (χ3n) is 3.30. The molecule has 1 fully saturated rings. The Morgan fingerprint density at radius 3 is 2.68 bits per heavy atom. The molecular weight excluding hydrogens is 248 g/mol. The first-order valence-electron chi connectivity index (χ1n) is 6.28. The number of rotatable bonds is 5. The van der Waals surface area contributed by atoms with Crippen LogP contribution in [0.1, 0.15) is 12.8 Å². The number of nitrogens with zero attached hydrogens (tertiary/aromatic N) is 1. The first-order valence-corrected chi connectivity index (χ1v) is 6.28. The van der Waals surface area contributed by atoms with Crippen LogP contribution < -0.4 is 16.6 Å². The van der Waals surface area contributed by atoms with Gasteiger partial charge in [0.05, 0.1) is 4.92 Å². The average Bonchev–Trinajstić information content (AvgIpc) is 2.45. The van der Waals surface area contributed by atoms with E-state index in [1.165, 1.54) is 0 Å². The largest absolute Gasteiger partial charge is 0.381 e. The van der Waals surface area contributed by atoms with Gasteiger partial charge in [0.1, 0.15) is 11.4 Å². The normalized spacial score (nSPS) is 16.1. The quantitative estimate of drug-likeness (QED) is 0.426. The zero-order chi connectivity index (χ0) is 13.7. The van der Waals surface area contributed by atoms with Crippen LogP contribution in [-0.2, 0) is 4.74 Å². The Morgan fingerprint density at radius 2 is 2.05 bits per heavy atom. The van der Waals surface area contributed by atoms with Gasteiger partial charge in [0, 0.05) is 19.8 Å². The Balaban J connectivity index is 2.08. The molecule has 0 bridgehead atoms. The number of hydrazine groups is 1. The Labute approximate surface area is 111 Å². The Hall–Kier alpha value is -1.86. The fourth-order valence-electron chi connectivity index (χ4n) is 2.20. The van der Waals surface area contributed by atoms with Crippen molar-refractivity contribution >= 4 is 17.1 Å². The summed E-state index contributed by atoms with van der Waals surface area (Å²) in [6.45, 7) is 2.23. The predicted octanol–water partition coefficient (Wildman–Crippen LogP) is 1.72. The van der Waals surface area contributed by atoms with E-state index in [-0.39, 0.29) is 5.69 Å². The highest BCUT2D eigenvalue weighted by molar-refractivity contribution is 5.75. The van der Waals surface area contributed by atoms with Crippen LogP contribution >= 0.6 is 0 Å². The van der Waals surface area contributed by atoms with Gasteiger partial charge in [0.25, 0.3) is 0 Å². The summed E-state index contributed by atoms with van der Waals surface area (Å²) in [4.78, 5) is 10.7. The van der Waals surface area contributed by atoms with Crippen molar-refractivity contribution in [2.24, 2.45) is 11.8 Å². The molecule has 0 aliphatic carbocycles. The number of hydrogen-bond acceptors (Lipinski definition) is 6. The van der Waals surface area contributed by atoms with Crippen LogP contribution in [0.4, 0.5) is 17.1 Å². The van der Waals surface area contributed by atoms with E-state index in [1.807, 2.05) is 0 Å². The van der Waals surface area contributed by atoms with E-state index in [0.717, 1.165) is 26.1 Å². The molecule has 1 heterocycles. The second kappa shape index (κ2) is 6.35. The molecule has 0 atom stereocenters. The zero-order valence-corrected chi connectivity index (χ0v) is 10.6.